The minimum Gasteiger partial charge on any atom is -0.466 e. The molecule has 2 bridgehead atoms. The summed E-state index contributed by atoms with van der Waals surface area (Å²) < 4.78 is 11.1. The Morgan fingerprint density at radius 3 is 2.92 bits per heavy atom. The van der Waals surface area contributed by atoms with Crippen LogP contribution < -0.4 is 0 Å². The van der Waals surface area contributed by atoms with Crippen molar-refractivity contribution in [1.82, 2.24) is 0 Å². The second-order valence-electron chi connectivity index (χ2n) is 7.50. The lowest BCUT2D eigenvalue weighted by atomic mass is 9.93. The predicted molar refractivity (Wildman–Crippen MR) is 93.7 cm³/mol. The highest BCUT2D eigenvalue weighted by molar-refractivity contribution is 5.70. The molecule has 5 nitrogen and oxygen atoms in total. The Labute approximate surface area is 151 Å². The molecule has 1 aliphatic carbocycles. The molecule has 2 aliphatic heterocycles. The Kier molecular flexibility index (Phi) is 6.91. The van der Waals surface area contributed by atoms with Crippen molar-refractivity contribution in [2.75, 3.05) is 6.61 Å². The summed E-state index contributed by atoms with van der Waals surface area (Å²) in [5, 5.41) is 0. The van der Waals surface area contributed by atoms with Crippen LogP contribution in [-0.4, -0.2) is 30.6 Å². The Morgan fingerprint density at radius 2 is 2.12 bits per heavy atom. The van der Waals surface area contributed by atoms with Crippen LogP contribution in [0.25, 0.3) is 0 Å². The Hall–Kier alpha value is -0.910. The Bertz CT molecular complexity index is 467. The summed E-state index contributed by atoms with van der Waals surface area (Å²) in [5.74, 6) is -0.844. The van der Waals surface area contributed by atoms with Crippen LogP contribution in [0.3, 0.4) is 0 Å². The van der Waals surface area contributed by atoms with Crippen LogP contribution in [0, 0.1) is 0 Å². The maximum absolute atomic E-state index is 11.6. The third-order valence-corrected chi connectivity index (χ3v) is 5.53. The van der Waals surface area contributed by atoms with Crippen molar-refractivity contribution in [1.29, 1.82) is 0 Å². The normalized spacial score (nSPS) is 31.8. The van der Waals surface area contributed by atoms with E-state index in [1.54, 1.807) is 12.5 Å². The lowest BCUT2D eigenvalue weighted by Crippen LogP contribution is -2.44. The van der Waals surface area contributed by atoms with Crippen molar-refractivity contribution in [3.05, 3.63) is 11.6 Å². The van der Waals surface area contributed by atoms with Crippen LogP contribution in [0.2, 0.25) is 0 Å². The molecule has 0 unspecified atom stereocenters. The number of hydrogen-bond acceptors (Lipinski definition) is 5. The maximum Gasteiger partial charge on any atom is 0.308 e. The summed E-state index contributed by atoms with van der Waals surface area (Å²) in [6.07, 6.45) is 14.9. The van der Waals surface area contributed by atoms with Gasteiger partial charge in [0.05, 0.1) is 19.1 Å². The van der Waals surface area contributed by atoms with Gasteiger partial charge in [-0.25, -0.2) is 9.78 Å². The van der Waals surface area contributed by atoms with E-state index < -0.39 is 5.79 Å². The number of carbonyl (C=O) groups is 1. The predicted octanol–water partition coefficient (Wildman–Crippen LogP) is 4.60. The van der Waals surface area contributed by atoms with Crippen molar-refractivity contribution in [2.45, 2.75) is 102 Å². The van der Waals surface area contributed by atoms with Gasteiger partial charge in [-0.15, -0.1) is 0 Å². The van der Waals surface area contributed by atoms with E-state index in [4.69, 9.17) is 19.2 Å². The molecule has 0 aromatic rings. The van der Waals surface area contributed by atoms with Crippen LogP contribution in [0.15, 0.2) is 11.6 Å². The van der Waals surface area contributed by atoms with E-state index in [9.17, 15) is 4.79 Å². The van der Waals surface area contributed by atoms with Gasteiger partial charge in [-0.1, -0.05) is 18.1 Å². The lowest BCUT2D eigenvalue weighted by molar-refractivity contribution is -0.485. The van der Waals surface area contributed by atoms with Crippen LogP contribution in [0.5, 0.6) is 0 Å². The van der Waals surface area contributed by atoms with Crippen molar-refractivity contribution < 1.29 is 24.0 Å². The first kappa shape index (κ1) is 18.9. The summed E-state index contributed by atoms with van der Waals surface area (Å²) in [4.78, 5) is 22.7. The molecule has 3 aliphatic rings. The van der Waals surface area contributed by atoms with Gasteiger partial charge in [-0.2, -0.15) is 0 Å². The molecule has 1 saturated carbocycles. The molecule has 3 fully saturated rings. The van der Waals surface area contributed by atoms with Crippen LogP contribution >= 0.6 is 0 Å². The number of carbonyl (C=O) groups excluding carboxylic acids is 1. The molecule has 3 rings (SSSR count). The molecule has 3 atom stereocenters. The zero-order chi connectivity index (χ0) is 17.5. The highest BCUT2D eigenvalue weighted by Gasteiger charge is 2.50. The molecule has 0 radical (unpaired) electrons. The number of fused-ring (bicyclic) bond motifs is 2. The van der Waals surface area contributed by atoms with E-state index in [-0.39, 0.29) is 24.6 Å². The maximum atomic E-state index is 11.6. The molecule has 2 saturated heterocycles. The van der Waals surface area contributed by atoms with Gasteiger partial charge in [0.2, 0.25) is 5.79 Å². The van der Waals surface area contributed by atoms with Gasteiger partial charge in [0.1, 0.15) is 6.10 Å². The molecule has 5 heteroatoms. The lowest BCUT2D eigenvalue weighted by Gasteiger charge is -2.36. The zero-order valence-corrected chi connectivity index (χ0v) is 15.5. The molecule has 2 heterocycles. The quantitative estimate of drug-likeness (QED) is 0.277. The number of unbranched alkanes of at least 4 members (excludes halogenated alkanes) is 2. The van der Waals surface area contributed by atoms with Gasteiger partial charge in [0, 0.05) is 12.8 Å². The van der Waals surface area contributed by atoms with E-state index in [0.717, 1.165) is 38.5 Å². The minimum atomic E-state index is -0.589. The van der Waals surface area contributed by atoms with Crippen LogP contribution in [0.1, 0.15) is 84.0 Å². The molecule has 0 amide bonds. The number of esters is 1. The van der Waals surface area contributed by atoms with E-state index in [1.165, 1.54) is 32.1 Å². The topological polar surface area (TPSA) is 54.0 Å². The number of allylic oxidation sites excluding steroid dienone is 2. The smallest absolute Gasteiger partial charge is 0.308 e. The fourth-order valence-corrected chi connectivity index (χ4v) is 4.12. The second kappa shape index (κ2) is 9.15. The fourth-order valence-electron chi connectivity index (χ4n) is 4.12. The number of ether oxygens (including phenoxy) is 2. The largest absolute Gasteiger partial charge is 0.466 e. The third-order valence-electron chi connectivity index (χ3n) is 5.53. The summed E-state index contributed by atoms with van der Waals surface area (Å²) in [7, 11) is 0. The minimum absolute atomic E-state index is 0.0532. The monoisotopic (exact) mass is 352 g/mol. The SMILES string of the molecule is CCOC(=O)C[C@@H]1OO[C@]2(CCCCC=C3CCCCC3)CC[C@H]1O2. The van der Waals surface area contributed by atoms with E-state index in [0.29, 0.717) is 6.61 Å². The molecule has 25 heavy (non-hydrogen) atoms. The van der Waals surface area contributed by atoms with Crippen molar-refractivity contribution in [3.63, 3.8) is 0 Å². The van der Waals surface area contributed by atoms with Crippen LogP contribution in [0.4, 0.5) is 0 Å². The fraction of sp³-hybridized carbons (Fsp3) is 0.850. The Morgan fingerprint density at radius 1 is 1.28 bits per heavy atom. The summed E-state index contributed by atoms with van der Waals surface area (Å²) in [6, 6.07) is 0. The number of hydrogen-bond donors (Lipinski definition) is 0. The van der Waals surface area contributed by atoms with Crippen molar-refractivity contribution in [3.8, 4) is 0 Å². The molecule has 0 aromatic heterocycles. The van der Waals surface area contributed by atoms with Crippen LogP contribution in [-0.2, 0) is 24.0 Å². The first-order valence-electron chi connectivity index (χ1n) is 10.1. The molecule has 0 spiro atoms. The summed E-state index contributed by atoms with van der Waals surface area (Å²) in [5.41, 5.74) is 1.65. The highest BCUT2D eigenvalue weighted by Crippen LogP contribution is 2.42. The summed E-state index contributed by atoms with van der Waals surface area (Å²) in [6.45, 7) is 2.19. The number of rotatable bonds is 8. The van der Waals surface area contributed by atoms with E-state index >= 15 is 0 Å². The van der Waals surface area contributed by atoms with Gasteiger partial charge in [0.15, 0.2) is 0 Å². The molecule has 142 valence electrons. The van der Waals surface area contributed by atoms with Gasteiger partial charge in [0.25, 0.3) is 0 Å². The van der Waals surface area contributed by atoms with E-state index in [2.05, 4.69) is 6.08 Å². The van der Waals surface area contributed by atoms with Crippen molar-refractivity contribution in [2.24, 2.45) is 0 Å². The van der Waals surface area contributed by atoms with Gasteiger partial charge in [-0.3, -0.25) is 4.79 Å². The van der Waals surface area contributed by atoms with E-state index in [1.807, 2.05) is 0 Å². The molecular weight excluding hydrogens is 320 g/mol. The average Bonchev–Trinajstić information content (AvgIpc) is 2.97. The average molecular weight is 352 g/mol. The van der Waals surface area contributed by atoms with Gasteiger partial charge in [-0.05, 0) is 58.3 Å². The van der Waals surface area contributed by atoms with Crippen molar-refractivity contribution >= 4 is 5.97 Å². The molecular formula is C20H32O5. The van der Waals surface area contributed by atoms with Gasteiger partial charge < -0.3 is 9.47 Å². The zero-order valence-electron chi connectivity index (χ0n) is 15.5. The third kappa shape index (κ3) is 5.28. The highest BCUT2D eigenvalue weighted by atomic mass is 17.2. The molecule has 0 aromatic carbocycles. The standard InChI is InChI=1S/C20H32O5/c1-2-22-19(21)15-18-17-12-14-20(23-17,25-24-18)13-8-4-7-11-16-9-5-3-6-10-16/h11,17-18H,2-10,12-15H2,1H3/t17-,18+,20-/m1/s1. The first-order valence-corrected chi connectivity index (χ1v) is 10.1. The second-order valence-corrected chi connectivity index (χ2v) is 7.50. The Balaban J connectivity index is 1.36. The molecule has 0 N–H and O–H groups in total. The summed E-state index contributed by atoms with van der Waals surface area (Å²) >= 11 is 0. The van der Waals surface area contributed by atoms with Gasteiger partial charge >= 0.3 is 5.97 Å². The first-order chi connectivity index (χ1) is 12.2.